The topological polar surface area (TPSA) is 12.9 Å². The van der Waals surface area contributed by atoms with Gasteiger partial charge in [-0.15, -0.1) is 0 Å². The first kappa shape index (κ1) is 6.02. The van der Waals surface area contributed by atoms with E-state index in [1.54, 1.807) is 12.4 Å². The summed E-state index contributed by atoms with van der Waals surface area (Å²) in [4.78, 5) is 3.89. The minimum absolute atomic E-state index is 1.20. The maximum absolute atomic E-state index is 3.89. The molecule has 0 saturated carbocycles. The van der Waals surface area contributed by atoms with Crippen LogP contribution in [0.3, 0.4) is 0 Å². The molecule has 0 atom stereocenters. The minimum Gasteiger partial charge on any atom is -0.265 e. The van der Waals surface area contributed by atoms with E-state index in [9.17, 15) is 0 Å². The summed E-state index contributed by atoms with van der Waals surface area (Å²) in [6.45, 7) is 2.00. The van der Waals surface area contributed by atoms with Gasteiger partial charge in [0.2, 0.25) is 0 Å². The minimum atomic E-state index is 1.20. The zero-order valence-corrected chi connectivity index (χ0v) is 5.41. The number of hydrogen-bond donors (Lipinski definition) is 0. The quantitative estimate of drug-likeness (QED) is 0.551. The Morgan fingerprint density at radius 1 is 1.33 bits per heavy atom. The molecule has 1 rings (SSSR count). The number of nitrogens with zero attached hydrogens (tertiary/aromatic N) is 1. The van der Waals surface area contributed by atoms with Gasteiger partial charge >= 0.3 is 0 Å². The molecule has 0 bridgehead atoms. The fourth-order valence-corrected chi connectivity index (χ4v) is 0.667. The van der Waals surface area contributed by atoms with E-state index in [4.69, 9.17) is 0 Å². The Hall–Kier alpha value is -1.11. The Balaban J connectivity index is 2.85. The summed E-state index contributed by atoms with van der Waals surface area (Å²) in [6.07, 6.45) is 7.63. The number of pyridine rings is 1. The fourth-order valence-electron chi connectivity index (χ4n) is 0.667. The average Bonchev–Trinajstić information content (AvgIpc) is 1.91. The van der Waals surface area contributed by atoms with Crippen molar-refractivity contribution in [1.82, 2.24) is 4.98 Å². The predicted molar refractivity (Wildman–Crippen MR) is 38.9 cm³/mol. The highest BCUT2D eigenvalue weighted by molar-refractivity contribution is 5.47. The van der Waals surface area contributed by atoms with Crippen LogP contribution in [0.4, 0.5) is 0 Å². The predicted octanol–water partition coefficient (Wildman–Crippen LogP) is 2.11. The smallest absolute Gasteiger partial charge is 0.0273 e. The van der Waals surface area contributed by atoms with Gasteiger partial charge in [-0.2, -0.15) is 0 Å². The van der Waals surface area contributed by atoms with Crippen molar-refractivity contribution in [3.05, 3.63) is 36.2 Å². The van der Waals surface area contributed by atoms with E-state index in [-0.39, 0.29) is 0 Å². The van der Waals surface area contributed by atoms with E-state index >= 15 is 0 Å². The molecular weight excluding hydrogens is 110 g/mol. The van der Waals surface area contributed by atoms with Gasteiger partial charge in [0.15, 0.2) is 0 Å². The molecule has 1 nitrogen and oxygen atoms in total. The third-order valence-corrected chi connectivity index (χ3v) is 1.07. The molecule has 1 heterocycles. The van der Waals surface area contributed by atoms with Crippen LogP contribution in [-0.4, -0.2) is 4.98 Å². The lowest BCUT2D eigenvalue weighted by Crippen LogP contribution is -1.70. The van der Waals surface area contributed by atoms with Crippen LogP contribution in [0.25, 0.3) is 6.08 Å². The molecule has 1 aromatic heterocycles. The molecule has 1 heteroatoms. The van der Waals surface area contributed by atoms with Crippen molar-refractivity contribution in [1.29, 1.82) is 0 Å². The summed E-state index contributed by atoms with van der Waals surface area (Å²) in [6, 6.07) is 3.94. The molecule has 0 radical (unpaired) electrons. The second-order valence-corrected chi connectivity index (χ2v) is 1.78. The van der Waals surface area contributed by atoms with Gasteiger partial charge in [0.05, 0.1) is 0 Å². The summed E-state index contributed by atoms with van der Waals surface area (Å²) >= 11 is 0. The summed E-state index contributed by atoms with van der Waals surface area (Å²) in [5.74, 6) is 0. The second-order valence-electron chi connectivity index (χ2n) is 1.78. The third kappa shape index (κ3) is 1.68. The Kier molecular flexibility index (Phi) is 2.02. The summed E-state index contributed by atoms with van der Waals surface area (Å²) < 4.78 is 0. The summed E-state index contributed by atoms with van der Waals surface area (Å²) in [5, 5.41) is 0. The van der Waals surface area contributed by atoms with E-state index in [1.807, 2.05) is 31.2 Å². The molecule has 9 heavy (non-hydrogen) atoms. The van der Waals surface area contributed by atoms with Gasteiger partial charge in [-0.3, -0.25) is 4.98 Å². The van der Waals surface area contributed by atoms with Crippen molar-refractivity contribution >= 4 is 6.08 Å². The van der Waals surface area contributed by atoms with Crippen LogP contribution >= 0.6 is 0 Å². The zero-order valence-electron chi connectivity index (χ0n) is 5.41. The van der Waals surface area contributed by atoms with E-state index < -0.39 is 0 Å². The molecule has 0 N–H and O–H groups in total. The molecule has 0 aliphatic carbocycles. The van der Waals surface area contributed by atoms with Gasteiger partial charge in [-0.05, 0) is 24.6 Å². The van der Waals surface area contributed by atoms with Crippen molar-refractivity contribution in [2.24, 2.45) is 0 Å². The molecule has 0 aliphatic heterocycles. The van der Waals surface area contributed by atoms with Gasteiger partial charge < -0.3 is 0 Å². The van der Waals surface area contributed by atoms with Crippen LogP contribution in [0, 0.1) is 0 Å². The lowest BCUT2D eigenvalue weighted by Gasteiger charge is -1.86. The monoisotopic (exact) mass is 119 g/mol. The largest absolute Gasteiger partial charge is 0.265 e. The maximum atomic E-state index is 3.89. The lowest BCUT2D eigenvalue weighted by atomic mass is 10.2. The molecule has 0 unspecified atom stereocenters. The number of hydrogen-bond acceptors (Lipinski definition) is 1. The first-order valence-corrected chi connectivity index (χ1v) is 2.96. The van der Waals surface area contributed by atoms with E-state index in [1.165, 1.54) is 5.56 Å². The standard InChI is InChI=1S/C8H9N/c1-2-3-8-4-6-9-7-5-8/h2-7H,1H3. The van der Waals surface area contributed by atoms with Crippen LogP contribution in [-0.2, 0) is 0 Å². The lowest BCUT2D eigenvalue weighted by molar-refractivity contribution is 1.32. The Morgan fingerprint density at radius 2 is 2.00 bits per heavy atom. The molecule has 0 spiro atoms. The van der Waals surface area contributed by atoms with Crippen molar-refractivity contribution in [3.8, 4) is 0 Å². The van der Waals surface area contributed by atoms with Crippen LogP contribution in [0.1, 0.15) is 12.5 Å². The Bertz CT molecular complexity index is 189. The highest BCUT2D eigenvalue weighted by Gasteiger charge is 1.78. The van der Waals surface area contributed by atoms with Crippen molar-refractivity contribution in [2.75, 3.05) is 0 Å². The van der Waals surface area contributed by atoms with Crippen LogP contribution in [0.15, 0.2) is 30.6 Å². The number of aromatic nitrogens is 1. The summed E-state index contributed by atoms with van der Waals surface area (Å²) in [5.41, 5.74) is 1.20. The first-order chi connectivity index (χ1) is 4.43. The Labute approximate surface area is 55.1 Å². The molecular formula is C8H9N. The van der Waals surface area contributed by atoms with Gasteiger partial charge in [-0.1, -0.05) is 12.2 Å². The van der Waals surface area contributed by atoms with Crippen LogP contribution < -0.4 is 0 Å². The van der Waals surface area contributed by atoms with E-state index in [0.717, 1.165) is 0 Å². The van der Waals surface area contributed by atoms with Gasteiger partial charge in [0.25, 0.3) is 0 Å². The SMILES string of the molecule is CC=Cc1ccncc1. The first-order valence-electron chi connectivity index (χ1n) is 2.96. The zero-order chi connectivity index (χ0) is 6.53. The molecule has 0 amide bonds. The van der Waals surface area contributed by atoms with E-state index in [2.05, 4.69) is 4.98 Å². The third-order valence-electron chi connectivity index (χ3n) is 1.07. The van der Waals surface area contributed by atoms with Crippen molar-refractivity contribution in [3.63, 3.8) is 0 Å². The van der Waals surface area contributed by atoms with Crippen molar-refractivity contribution in [2.45, 2.75) is 6.92 Å². The number of rotatable bonds is 1. The average molecular weight is 119 g/mol. The Morgan fingerprint density at radius 3 is 2.56 bits per heavy atom. The van der Waals surface area contributed by atoms with Gasteiger partial charge in [0, 0.05) is 12.4 Å². The second kappa shape index (κ2) is 3.02. The highest BCUT2D eigenvalue weighted by Crippen LogP contribution is 1.97. The molecule has 0 aliphatic rings. The molecule has 46 valence electrons. The van der Waals surface area contributed by atoms with Crippen LogP contribution in [0.2, 0.25) is 0 Å². The van der Waals surface area contributed by atoms with Gasteiger partial charge in [0.1, 0.15) is 0 Å². The fraction of sp³-hybridized carbons (Fsp3) is 0.125. The van der Waals surface area contributed by atoms with Gasteiger partial charge in [-0.25, -0.2) is 0 Å². The summed E-state index contributed by atoms with van der Waals surface area (Å²) in [7, 11) is 0. The molecule has 0 fully saturated rings. The van der Waals surface area contributed by atoms with Crippen LogP contribution in [0.5, 0.6) is 0 Å². The molecule has 0 aromatic carbocycles. The normalized spacial score (nSPS) is 10.3. The number of allylic oxidation sites excluding steroid dienone is 1. The maximum Gasteiger partial charge on any atom is 0.0273 e. The van der Waals surface area contributed by atoms with E-state index in [0.29, 0.717) is 0 Å². The highest BCUT2D eigenvalue weighted by atomic mass is 14.6. The molecule has 0 saturated heterocycles. The van der Waals surface area contributed by atoms with Crippen molar-refractivity contribution < 1.29 is 0 Å². The molecule has 1 aromatic rings.